The molecular weight excluding hydrogens is 497 g/mol. The third kappa shape index (κ3) is 7.56. The summed E-state index contributed by atoms with van der Waals surface area (Å²) in [6.07, 6.45) is -3.80. The van der Waals surface area contributed by atoms with Gasteiger partial charge in [-0.1, -0.05) is 12.1 Å². The molecule has 0 saturated carbocycles. The molecule has 0 aliphatic heterocycles. The number of sulfone groups is 1. The van der Waals surface area contributed by atoms with E-state index in [2.05, 4.69) is 15.4 Å². The molecule has 3 aromatic rings. The highest BCUT2D eigenvalue weighted by atomic mass is 35.5. The summed E-state index contributed by atoms with van der Waals surface area (Å²) < 4.78 is 63.9. The molecule has 3 aromatic carbocycles. The molecule has 0 heterocycles. The number of hydrogen-bond donors (Lipinski definition) is 3. The lowest BCUT2D eigenvalue weighted by Crippen LogP contribution is -2.17. The Bertz CT molecular complexity index is 1250. The first-order valence-electron chi connectivity index (χ1n) is 9.44. The number of halogens is 4. The number of rotatable bonds is 7. The Hall–Kier alpha value is -3.44. The van der Waals surface area contributed by atoms with E-state index in [9.17, 15) is 31.5 Å². The molecule has 182 valence electrons. The second-order valence-electron chi connectivity index (χ2n) is 7.03. The molecule has 0 unspecified atom stereocenters. The van der Waals surface area contributed by atoms with Crippen molar-refractivity contribution in [3.8, 4) is 11.5 Å². The van der Waals surface area contributed by atoms with Crippen LogP contribution in [0, 0.1) is 0 Å². The summed E-state index contributed by atoms with van der Waals surface area (Å²) in [4.78, 5) is 12.2. The zero-order valence-corrected chi connectivity index (χ0v) is 19.2. The van der Waals surface area contributed by atoms with Crippen molar-refractivity contribution in [3.05, 3.63) is 77.9 Å². The molecule has 0 saturated heterocycles. The van der Waals surface area contributed by atoms with Crippen molar-refractivity contribution in [1.82, 2.24) is 0 Å². The number of alkyl halides is 3. The number of carbonyl (C=O) groups excluding carboxylic acids is 1. The van der Waals surface area contributed by atoms with Crippen LogP contribution < -0.4 is 15.4 Å². The van der Waals surface area contributed by atoms with E-state index >= 15 is 0 Å². The van der Waals surface area contributed by atoms with Crippen molar-refractivity contribution >= 4 is 39.5 Å². The van der Waals surface area contributed by atoms with E-state index < -0.39 is 27.9 Å². The second kappa shape index (κ2) is 10.7. The summed E-state index contributed by atoms with van der Waals surface area (Å²) in [7, 11) is -3.67. The normalized spacial score (nSPS) is 11.3. The predicted octanol–water partition coefficient (Wildman–Crippen LogP) is 4.98. The minimum absolute atomic E-state index is 0. The molecule has 3 N–H and O–H groups in total. The monoisotopic (exact) mass is 516 g/mol. The highest BCUT2D eigenvalue weighted by Gasteiger charge is 2.30. The molecule has 0 aromatic heterocycles. The van der Waals surface area contributed by atoms with Crippen LogP contribution in [0.4, 0.5) is 24.5 Å². The van der Waals surface area contributed by atoms with Crippen LogP contribution in [0.1, 0.15) is 15.9 Å². The third-order valence-electron chi connectivity index (χ3n) is 4.42. The van der Waals surface area contributed by atoms with E-state index in [-0.39, 0.29) is 28.7 Å². The number of phenols is 1. The second-order valence-corrected chi connectivity index (χ2v) is 9.02. The maximum Gasteiger partial charge on any atom is 0.573 e. The summed E-state index contributed by atoms with van der Waals surface area (Å²) in [6, 6.07) is 15.6. The van der Waals surface area contributed by atoms with E-state index in [1.807, 2.05) is 0 Å². The van der Waals surface area contributed by atoms with Crippen LogP contribution in [0.25, 0.3) is 0 Å². The summed E-state index contributed by atoms with van der Waals surface area (Å²) in [5, 5.41) is 15.3. The zero-order valence-electron chi connectivity index (χ0n) is 17.6. The van der Waals surface area contributed by atoms with Gasteiger partial charge in [-0.25, -0.2) is 8.42 Å². The number of ether oxygens (including phenoxy) is 1. The highest BCUT2D eigenvalue weighted by molar-refractivity contribution is 7.90. The summed E-state index contributed by atoms with van der Waals surface area (Å²) in [5.41, 5.74) is 1.91. The first kappa shape index (κ1) is 26.8. The minimum Gasteiger partial charge on any atom is -0.507 e. The lowest BCUT2D eigenvalue weighted by molar-refractivity contribution is -0.274. The molecule has 12 heteroatoms. The van der Waals surface area contributed by atoms with Gasteiger partial charge in [0, 0.05) is 29.7 Å². The van der Waals surface area contributed by atoms with Crippen molar-refractivity contribution in [1.29, 1.82) is 0 Å². The number of phenolic OH excluding ortho intramolecular Hbond substituents is 1. The standard InChI is InChI=1S/C22H19F3N2O5S.ClH/c1-33(30,31)20-12-17(8-11-19(20)28)27-21(29)15-4-6-16(7-5-15)26-13-14-2-9-18(10-3-14)32-22(23,24)25;/h2-12,26,28H,13H2,1H3,(H,27,29);1H. The van der Waals surface area contributed by atoms with Crippen molar-refractivity contribution in [3.63, 3.8) is 0 Å². The van der Waals surface area contributed by atoms with Gasteiger partial charge < -0.3 is 20.5 Å². The molecule has 0 bridgehead atoms. The number of nitrogens with one attached hydrogen (secondary N) is 2. The number of benzene rings is 3. The minimum atomic E-state index is -4.74. The maximum atomic E-state index is 12.4. The number of aromatic hydroxyl groups is 1. The van der Waals surface area contributed by atoms with Crippen molar-refractivity contribution < 1.29 is 36.2 Å². The molecule has 3 rings (SSSR count). The van der Waals surface area contributed by atoms with Gasteiger partial charge in [0.1, 0.15) is 16.4 Å². The summed E-state index contributed by atoms with van der Waals surface area (Å²) in [5.74, 6) is -1.20. The number of anilines is 2. The topological polar surface area (TPSA) is 105 Å². The van der Waals surface area contributed by atoms with Crippen molar-refractivity contribution in [2.75, 3.05) is 16.9 Å². The molecule has 0 radical (unpaired) electrons. The van der Waals surface area contributed by atoms with Crippen LogP contribution in [0.15, 0.2) is 71.6 Å². The lowest BCUT2D eigenvalue weighted by Gasteiger charge is -2.11. The van der Waals surface area contributed by atoms with Gasteiger partial charge in [-0.05, 0) is 60.2 Å². The van der Waals surface area contributed by atoms with Crippen LogP contribution >= 0.6 is 12.4 Å². The molecule has 0 fully saturated rings. The van der Waals surface area contributed by atoms with E-state index in [1.54, 1.807) is 24.3 Å². The van der Waals surface area contributed by atoms with E-state index in [4.69, 9.17) is 0 Å². The average molecular weight is 517 g/mol. The first-order valence-corrected chi connectivity index (χ1v) is 11.3. The third-order valence-corrected chi connectivity index (χ3v) is 5.54. The molecular formula is C22H20ClF3N2O5S. The van der Waals surface area contributed by atoms with Crippen molar-refractivity contribution in [2.24, 2.45) is 0 Å². The Balaban J connectivity index is 0.00000408. The SMILES string of the molecule is CS(=O)(=O)c1cc(NC(=O)c2ccc(NCc3ccc(OC(F)(F)F)cc3)cc2)ccc1O.Cl. The number of hydrogen-bond acceptors (Lipinski definition) is 6. The van der Waals surface area contributed by atoms with Crippen molar-refractivity contribution in [2.45, 2.75) is 17.8 Å². The van der Waals surface area contributed by atoms with Gasteiger partial charge >= 0.3 is 6.36 Å². The fourth-order valence-corrected chi connectivity index (χ4v) is 3.63. The van der Waals surface area contributed by atoms with Crippen LogP contribution in [0.3, 0.4) is 0 Å². The molecule has 0 aliphatic rings. The zero-order chi connectivity index (χ0) is 24.2. The van der Waals surface area contributed by atoms with Crippen LogP contribution in [-0.2, 0) is 16.4 Å². The average Bonchev–Trinajstić information content (AvgIpc) is 2.73. The molecule has 0 aliphatic carbocycles. The van der Waals surface area contributed by atoms with Gasteiger partial charge in [-0.3, -0.25) is 4.79 Å². The summed E-state index contributed by atoms with van der Waals surface area (Å²) in [6.45, 7) is 0.333. The Morgan fingerprint density at radius 2 is 1.56 bits per heavy atom. The quantitative estimate of drug-likeness (QED) is 0.383. The molecule has 1 amide bonds. The Kier molecular flexibility index (Phi) is 8.41. The molecule has 0 atom stereocenters. The van der Waals surface area contributed by atoms with Gasteiger partial charge in [-0.2, -0.15) is 0 Å². The van der Waals surface area contributed by atoms with E-state index in [1.165, 1.54) is 42.5 Å². The largest absolute Gasteiger partial charge is 0.573 e. The lowest BCUT2D eigenvalue weighted by atomic mass is 10.1. The fourth-order valence-electron chi connectivity index (χ4n) is 2.84. The highest BCUT2D eigenvalue weighted by Crippen LogP contribution is 2.26. The fraction of sp³-hybridized carbons (Fsp3) is 0.136. The Morgan fingerprint density at radius 3 is 2.12 bits per heavy atom. The van der Waals surface area contributed by atoms with Gasteiger partial charge in [-0.15, -0.1) is 25.6 Å². The Morgan fingerprint density at radius 1 is 0.971 bits per heavy atom. The van der Waals surface area contributed by atoms with E-state index in [0.29, 0.717) is 17.8 Å². The maximum absolute atomic E-state index is 12.4. The molecule has 34 heavy (non-hydrogen) atoms. The number of amides is 1. The first-order chi connectivity index (χ1) is 15.4. The van der Waals surface area contributed by atoms with Gasteiger partial charge in [0.05, 0.1) is 0 Å². The summed E-state index contributed by atoms with van der Waals surface area (Å²) >= 11 is 0. The predicted molar refractivity (Wildman–Crippen MR) is 123 cm³/mol. The molecule has 7 nitrogen and oxygen atoms in total. The van der Waals surface area contributed by atoms with Crippen LogP contribution in [-0.4, -0.2) is 32.0 Å². The van der Waals surface area contributed by atoms with Gasteiger partial charge in [0.25, 0.3) is 5.91 Å². The van der Waals surface area contributed by atoms with Crippen LogP contribution in [0.5, 0.6) is 11.5 Å². The number of carbonyl (C=O) groups is 1. The molecule has 0 spiro atoms. The van der Waals surface area contributed by atoms with Crippen LogP contribution in [0.2, 0.25) is 0 Å². The van der Waals surface area contributed by atoms with Gasteiger partial charge in [0.15, 0.2) is 9.84 Å². The van der Waals surface area contributed by atoms with E-state index in [0.717, 1.165) is 11.8 Å². The van der Waals surface area contributed by atoms with Gasteiger partial charge in [0.2, 0.25) is 0 Å². The smallest absolute Gasteiger partial charge is 0.507 e. The Labute approximate surface area is 199 Å².